The highest BCUT2D eigenvalue weighted by Gasteiger charge is 2.49. The number of ether oxygens (including phenoxy) is 3. The molecular weight excluding hydrogens is 326 g/mol. The molecule has 0 radical (unpaired) electrons. The third-order valence-corrected chi connectivity index (χ3v) is 5.30. The summed E-state index contributed by atoms with van der Waals surface area (Å²) in [6, 6.07) is 0.688. The van der Waals surface area contributed by atoms with E-state index in [0.29, 0.717) is 24.4 Å². The fraction of sp³-hybridized carbons (Fsp3) is 0.750. The van der Waals surface area contributed by atoms with Gasteiger partial charge >= 0.3 is 12.0 Å². The molecule has 2 bridgehead atoms. The van der Waals surface area contributed by atoms with Crippen molar-refractivity contribution >= 4 is 11.9 Å². The Morgan fingerprint density at radius 1 is 1.16 bits per heavy atom. The zero-order valence-electron chi connectivity index (χ0n) is 14.5. The van der Waals surface area contributed by atoms with Crippen LogP contribution in [0.25, 0.3) is 0 Å². The first-order chi connectivity index (χ1) is 12.2. The number of nitrogens with one attached hydrogen (secondary N) is 1. The van der Waals surface area contributed by atoms with E-state index in [9.17, 15) is 4.79 Å². The number of nitrogens with zero attached hydrogens (tertiary/aromatic N) is 4. The van der Waals surface area contributed by atoms with Gasteiger partial charge in [0.2, 0.25) is 5.95 Å². The number of carbonyl (C=O) groups is 1. The number of anilines is 1. The molecule has 4 heterocycles. The molecule has 4 aliphatic rings. The Bertz CT molecular complexity index is 617. The standard InChI is InChI=1S/C16H23N5O4/c1-23-15-18-14(19-16(20-15)24-2)17-12-9-6-10(12)8-21(7-9)13(22)11-4-3-5-25-11/h9-12H,3-8H2,1-2H3,(H,17,18,19,20). The Balaban J connectivity index is 1.39. The molecule has 1 aliphatic carbocycles. The van der Waals surface area contributed by atoms with E-state index in [-0.39, 0.29) is 30.1 Å². The van der Waals surface area contributed by atoms with Gasteiger partial charge in [-0.3, -0.25) is 4.79 Å². The van der Waals surface area contributed by atoms with Crippen LogP contribution in [0.3, 0.4) is 0 Å². The van der Waals surface area contributed by atoms with Crippen LogP contribution in [0.1, 0.15) is 19.3 Å². The van der Waals surface area contributed by atoms with Crippen LogP contribution in [0, 0.1) is 11.8 Å². The van der Waals surface area contributed by atoms with E-state index >= 15 is 0 Å². The van der Waals surface area contributed by atoms with Crippen LogP contribution < -0.4 is 14.8 Å². The molecule has 1 aromatic rings. The number of amides is 1. The number of piperidine rings is 2. The fourth-order valence-electron chi connectivity index (χ4n) is 4.01. The molecule has 0 spiro atoms. The predicted octanol–water partition coefficient (Wildman–Crippen LogP) is 0.327. The van der Waals surface area contributed by atoms with Crippen LogP contribution in [0.15, 0.2) is 0 Å². The maximum atomic E-state index is 12.5. The van der Waals surface area contributed by atoms with Gasteiger partial charge in [-0.1, -0.05) is 0 Å². The number of hydrogen-bond donors (Lipinski definition) is 1. The van der Waals surface area contributed by atoms with Crippen molar-refractivity contribution < 1.29 is 19.0 Å². The second-order valence-electron chi connectivity index (χ2n) is 6.80. The van der Waals surface area contributed by atoms with Crippen molar-refractivity contribution in [1.82, 2.24) is 19.9 Å². The molecule has 1 amide bonds. The molecule has 1 saturated carbocycles. The SMILES string of the molecule is COc1nc(NC2C3CC2CN(C(=O)C2CCCO2)C3)nc(OC)n1. The Hall–Kier alpha value is -2.16. The third kappa shape index (κ3) is 3.08. The molecule has 5 rings (SSSR count). The van der Waals surface area contributed by atoms with Crippen LogP contribution in [0.5, 0.6) is 12.0 Å². The van der Waals surface area contributed by atoms with Gasteiger partial charge in [-0.25, -0.2) is 0 Å². The van der Waals surface area contributed by atoms with Crippen LogP contribution >= 0.6 is 0 Å². The van der Waals surface area contributed by atoms with E-state index in [1.54, 1.807) is 0 Å². The van der Waals surface area contributed by atoms with Crippen molar-refractivity contribution in [1.29, 1.82) is 0 Å². The summed E-state index contributed by atoms with van der Waals surface area (Å²) in [7, 11) is 3.01. The number of hydrogen-bond acceptors (Lipinski definition) is 8. The second-order valence-corrected chi connectivity index (χ2v) is 6.80. The lowest BCUT2D eigenvalue weighted by Crippen LogP contribution is -2.63. The average Bonchev–Trinajstić information content (AvgIpc) is 3.19. The van der Waals surface area contributed by atoms with Crippen molar-refractivity contribution in [2.45, 2.75) is 31.4 Å². The number of rotatable bonds is 5. The molecule has 0 aromatic carbocycles. The summed E-state index contributed by atoms with van der Waals surface area (Å²) >= 11 is 0. The largest absolute Gasteiger partial charge is 0.467 e. The number of methoxy groups -OCH3 is 2. The first-order valence-corrected chi connectivity index (χ1v) is 8.69. The van der Waals surface area contributed by atoms with Crippen molar-refractivity contribution in [3.05, 3.63) is 0 Å². The Kier molecular flexibility index (Phi) is 4.32. The summed E-state index contributed by atoms with van der Waals surface area (Å²) < 4.78 is 15.7. The molecular formula is C16H23N5O4. The van der Waals surface area contributed by atoms with E-state index in [1.165, 1.54) is 14.2 Å². The van der Waals surface area contributed by atoms with Gasteiger partial charge in [0.25, 0.3) is 5.91 Å². The number of carbonyl (C=O) groups excluding carboxylic acids is 1. The van der Waals surface area contributed by atoms with E-state index in [0.717, 1.165) is 32.4 Å². The quantitative estimate of drug-likeness (QED) is 0.812. The first kappa shape index (κ1) is 16.3. The minimum atomic E-state index is -0.235. The lowest BCUT2D eigenvalue weighted by molar-refractivity contribution is -0.148. The topological polar surface area (TPSA) is 98.7 Å². The van der Waals surface area contributed by atoms with Crippen LogP contribution in [-0.4, -0.2) is 71.8 Å². The Labute approximate surface area is 146 Å². The van der Waals surface area contributed by atoms with Gasteiger partial charge in [0.1, 0.15) is 6.10 Å². The van der Waals surface area contributed by atoms with E-state index in [2.05, 4.69) is 20.3 Å². The normalized spacial score (nSPS) is 30.6. The van der Waals surface area contributed by atoms with Gasteiger partial charge in [-0.05, 0) is 31.1 Å². The molecule has 3 atom stereocenters. The molecule has 136 valence electrons. The highest BCUT2D eigenvalue weighted by Crippen LogP contribution is 2.42. The van der Waals surface area contributed by atoms with Gasteiger partial charge < -0.3 is 24.4 Å². The summed E-state index contributed by atoms with van der Waals surface area (Å²) in [5, 5.41) is 3.37. The van der Waals surface area contributed by atoms with Gasteiger partial charge in [-0.2, -0.15) is 9.97 Å². The van der Waals surface area contributed by atoms with Crippen molar-refractivity contribution in [2.24, 2.45) is 11.8 Å². The molecule has 25 heavy (non-hydrogen) atoms. The second kappa shape index (κ2) is 6.62. The van der Waals surface area contributed by atoms with Crippen molar-refractivity contribution in [2.75, 3.05) is 39.2 Å². The molecule has 9 nitrogen and oxygen atoms in total. The average molecular weight is 349 g/mol. The Morgan fingerprint density at radius 3 is 2.40 bits per heavy atom. The van der Waals surface area contributed by atoms with Gasteiger partial charge in [0, 0.05) is 25.7 Å². The molecule has 3 saturated heterocycles. The van der Waals surface area contributed by atoms with E-state index in [4.69, 9.17) is 14.2 Å². The zero-order valence-corrected chi connectivity index (χ0v) is 14.5. The maximum absolute atomic E-state index is 12.5. The van der Waals surface area contributed by atoms with E-state index in [1.807, 2.05) is 4.90 Å². The van der Waals surface area contributed by atoms with Crippen LogP contribution in [-0.2, 0) is 9.53 Å². The number of fused-ring (bicyclic) bond motifs is 2. The van der Waals surface area contributed by atoms with Crippen molar-refractivity contribution in [3.8, 4) is 12.0 Å². The zero-order chi connectivity index (χ0) is 17.4. The maximum Gasteiger partial charge on any atom is 0.324 e. The summed E-state index contributed by atoms with van der Waals surface area (Å²) in [6.45, 7) is 2.21. The van der Waals surface area contributed by atoms with Gasteiger partial charge in [0.05, 0.1) is 14.2 Å². The van der Waals surface area contributed by atoms with Crippen LogP contribution in [0.4, 0.5) is 5.95 Å². The first-order valence-electron chi connectivity index (χ1n) is 8.69. The minimum Gasteiger partial charge on any atom is -0.467 e. The fourth-order valence-corrected chi connectivity index (χ4v) is 4.01. The van der Waals surface area contributed by atoms with E-state index < -0.39 is 0 Å². The lowest BCUT2D eigenvalue weighted by Gasteiger charge is -2.53. The molecule has 1 N–H and O–H groups in total. The lowest BCUT2D eigenvalue weighted by atomic mass is 9.66. The molecule has 9 heteroatoms. The highest BCUT2D eigenvalue weighted by molar-refractivity contribution is 5.81. The van der Waals surface area contributed by atoms with Crippen LogP contribution in [0.2, 0.25) is 0 Å². The predicted molar refractivity (Wildman–Crippen MR) is 87.5 cm³/mol. The number of aromatic nitrogens is 3. The summed E-state index contributed by atoms with van der Waals surface area (Å²) in [5.41, 5.74) is 0. The summed E-state index contributed by atoms with van der Waals surface area (Å²) in [6.07, 6.45) is 2.70. The Morgan fingerprint density at radius 2 is 1.84 bits per heavy atom. The summed E-state index contributed by atoms with van der Waals surface area (Å²) in [4.78, 5) is 26.9. The molecule has 3 unspecified atom stereocenters. The van der Waals surface area contributed by atoms with Crippen molar-refractivity contribution in [3.63, 3.8) is 0 Å². The third-order valence-electron chi connectivity index (χ3n) is 5.30. The molecule has 1 aromatic heterocycles. The minimum absolute atomic E-state index is 0.147. The highest BCUT2D eigenvalue weighted by atomic mass is 16.5. The molecule has 4 fully saturated rings. The smallest absolute Gasteiger partial charge is 0.324 e. The monoisotopic (exact) mass is 349 g/mol. The van der Waals surface area contributed by atoms with Gasteiger partial charge in [0.15, 0.2) is 0 Å². The summed E-state index contributed by atoms with van der Waals surface area (Å²) in [5.74, 6) is 1.40. The van der Waals surface area contributed by atoms with Gasteiger partial charge in [-0.15, -0.1) is 4.98 Å². The molecule has 3 aliphatic heterocycles.